The lowest BCUT2D eigenvalue weighted by atomic mass is 10.0. The first kappa shape index (κ1) is 25.2. The molecule has 2 amide bonds. The zero-order valence-corrected chi connectivity index (χ0v) is 19.0. The standard InChI is InChI=1S/C24H29ClN2O5/c1-17(2)13-22(27-24(30)32-16-18-7-4-3-5-8-18)23(29)26-20(15-28)11-12-31-21-10-6-9-19(25)14-21/h3-10,14-15,17,20,22H,11-13,16H2,1-2H3,(H,26,29)(H,27,30)/t20?,22-/m0/s1. The van der Waals surface area contributed by atoms with Crippen molar-refractivity contribution >= 4 is 29.9 Å². The van der Waals surface area contributed by atoms with Crippen LogP contribution in [0.15, 0.2) is 54.6 Å². The molecule has 0 saturated carbocycles. The molecule has 0 radical (unpaired) electrons. The average molecular weight is 461 g/mol. The van der Waals surface area contributed by atoms with Crippen LogP contribution in [0.3, 0.4) is 0 Å². The van der Waals surface area contributed by atoms with E-state index in [1.165, 1.54) is 0 Å². The Morgan fingerprint density at radius 1 is 1.06 bits per heavy atom. The summed E-state index contributed by atoms with van der Waals surface area (Å²) < 4.78 is 10.8. The molecule has 0 heterocycles. The third-order valence-corrected chi connectivity index (χ3v) is 4.75. The molecular formula is C24H29ClN2O5. The van der Waals surface area contributed by atoms with E-state index in [1.807, 2.05) is 44.2 Å². The van der Waals surface area contributed by atoms with Crippen molar-refractivity contribution in [1.29, 1.82) is 0 Å². The predicted molar refractivity (Wildman–Crippen MR) is 123 cm³/mol. The van der Waals surface area contributed by atoms with Gasteiger partial charge in [-0.1, -0.05) is 61.8 Å². The molecule has 8 heteroatoms. The first-order valence-corrected chi connectivity index (χ1v) is 10.9. The third-order valence-electron chi connectivity index (χ3n) is 4.51. The minimum absolute atomic E-state index is 0.0977. The molecule has 2 aromatic rings. The summed E-state index contributed by atoms with van der Waals surface area (Å²) in [6.45, 7) is 4.19. The van der Waals surface area contributed by atoms with Gasteiger partial charge in [-0.3, -0.25) is 4.79 Å². The fourth-order valence-corrected chi connectivity index (χ4v) is 3.11. The summed E-state index contributed by atoms with van der Waals surface area (Å²) in [6.07, 6.45) is 0.631. The molecular weight excluding hydrogens is 432 g/mol. The van der Waals surface area contributed by atoms with Crippen LogP contribution in [0.25, 0.3) is 0 Å². The van der Waals surface area contributed by atoms with E-state index in [-0.39, 0.29) is 25.6 Å². The van der Waals surface area contributed by atoms with Crippen LogP contribution in [-0.4, -0.2) is 37.0 Å². The van der Waals surface area contributed by atoms with Crippen molar-refractivity contribution in [3.05, 3.63) is 65.2 Å². The summed E-state index contributed by atoms with van der Waals surface area (Å²) in [6, 6.07) is 14.6. The Balaban J connectivity index is 1.85. The minimum atomic E-state index is -0.824. The molecule has 2 aromatic carbocycles. The monoisotopic (exact) mass is 460 g/mol. The molecule has 0 aromatic heterocycles. The van der Waals surface area contributed by atoms with Crippen molar-refractivity contribution < 1.29 is 23.9 Å². The molecule has 0 bridgehead atoms. The first-order chi connectivity index (χ1) is 15.4. The van der Waals surface area contributed by atoms with Gasteiger partial charge in [0, 0.05) is 11.4 Å². The van der Waals surface area contributed by atoms with E-state index >= 15 is 0 Å². The number of carbonyl (C=O) groups excluding carboxylic acids is 3. The van der Waals surface area contributed by atoms with Gasteiger partial charge in [0.05, 0.1) is 12.6 Å². The lowest BCUT2D eigenvalue weighted by Crippen LogP contribution is -2.50. The van der Waals surface area contributed by atoms with Crippen molar-refractivity contribution in [3.63, 3.8) is 0 Å². The molecule has 0 saturated heterocycles. The van der Waals surface area contributed by atoms with Crippen LogP contribution in [0.5, 0.6) is 5.75 Å². The van der Waals surface area contributed by atoms with Crippen LogP contribution in [0.1, 0.15) is 32.3 Å². The molecule has 172 valence electrons. The molecule has 2 N–H and O–H groups in total. The molecule has 32 heavy (non-hydrogen) atoms. The smallest absolute Gasteiger partial charge is 0.408 e. The van der Waals surface area contributed by atoms with E-state index in [0.717, 1.165) is 5.56 Å². The van der Waals surface area contributed by atoms with E-state index in [1.54, 1.807) is 24.3 Å². The number of ether oxygens (including phenoxy) is 2. The number of halogens is 1. The number of benzene rings is 2. The second-order valence-electron chi connectivity index (χ2n) is 7.73. The summed E-state index contributed by atoms with van der Waals surface area (Å²) in [7, 11) is 0. The molecule has 2 atom stereocenters. The number of carbonyl (C=O) groups is 3. The number of rotatable bonds is 12. The highest BCUT2D eigenvalue weighted by molar-refractivity contribution is 6.30. The fourth-order valence-electron chi connectivity index (χ4n) is 2.93. The topological polar surface area (TPSA) is 93.7 Å². The molecule has 1 unspecified atom stereocenters. The predicted octanol–water partition coefficient (Wildman–Crippen LogP) is 4.13. The Morgan fingerprint density at radius 3 is 2.47 bits per heavy atom. The van der Waals surface area contributed by atoms with Crippen molar-refractivity contribution in [2.45, 2.75) is 45.4 Å². The zero-order chi connectivity index (χ0) is 23.3. The van der Waals surface area contributed by atoms with Crippen molar-refractivity contribution in [2.24, 2.45) is 5.92 Å². The van der Waals surface area contributed by atoms with Gasteiger partial charge in [0.2, 0.25) is 5.91 Å². The lowest BCUT2D eigenvalue weighted by molar-refractivity contribution is -0.126. The van der Waals surface area contributed by atoms with Gasteiger partial charge >= 0.3 is 6.09 Å². The minimum Gasteiger partial charge on any atom is -0.493 e. The zero-order valence-electron chi connectivity index (χ0n) is 18.3. The van der Waals surface area contributed by atoms with E-state index in [9.17, 15) is 14.4 Å². The number of hydrogen-bond donors (Lipinski definition) is 2. The summed E-state index contributed by atoms with van der Waals surface area (Å²) in [5.41, 5.74) is 0.841. The van der Waals surface area contributed by atoms with Gasteiger partial charge in [-0.2, -0.15) is 0 Å². The number of alkyl carbamates (subject to hydrolysis) is 1. The van der Waals surface area contributed by atoms with Crippen molar-refractivity contribution in [3.8, 4) is 5.75 Å². The Morgan fingerprint density at radius 2 is 1.81 bits per heavy atom. The SMILES string of the molecule is CC(C)C[C@H](NC(=O)OCc1ccccc1)C(=O)NC(C=O)CCOc1cccc(Cl)c1. The van der Waals surface area contributed by atoms with Gasteiger partial charge in [0.1, 0.15) is 24.7 Å². The Kier molecular flexibility index (Phi) is 10.5. The number of hydrogen-bond acceptors (Lipinski definition) is 5. The van der Waals surface area contributed by atoms with Gasteiger partial charge in [-0.05, 0) is 36.1 Å². The van der Waals surface area contributed by atoms with Crippen LogP contribution in [0, 0.1) is 5.92 Å². The quantitative estimate of drug-likeness (QED) is 0.464. The number of nitrogens with one attached hydrogen (secondary N) is 2. The van der Waals surface area contributed by atoms with Crippen LogP contribution in [0.4, 0.5) is 4.79 Å². The van der Waals surface area contributed by atoms with E-state index in [4.69, 9.17) is 21.1 Å². The van der Waals surface area contributed by atoms with E-state index in [0.29, 0.717) is 23.5 Å². The van der Waals surface area contributed by atoms with Gasteiger partial charge in [0.25, 0.3) is 0 Å². The third kappa shape index (κ3) is 9.39. The number of aldehydes is 1. The number of amides is 2. The second kappa shape index (κ2) is 13.4. The highest BCUT2D eigenvalue weighted by Crippen LogP contribution is 2.17. The lowest BCUT2D eigenvalue weighted by Gasteiger charge is -2.22. The molecule has 0 aliphatic carbocycles. The maximum absolute atomic E-state index is 12.7. The summed E-state index contributed by atoms with van der Waals surface area (Å²) in [4.78, 5) is 36.4. The molecule has 2 rings (SSSR count). The van der Waals surface area contributed by atoms with Crippen LogP contribution in [-0.2, 0) is 20.9 Å². The van der Waals surface area contributed by atoms with Crippen molar-refractivity contribution in [1.82, 2.24) is 10.6 Å². The van der Waals surface area contributed by atoms with Gasteiger partial charge in [-0.25, -0.2) is 4.79 Å². The molecule has 7 nitrogen and oxygen atoms in total. The van der Waals surface area contributed by atoms with Crippen LogP contribution < -0.4 is 15.4 Å². The van der Waals surface area contributed by atoms with Crippen molar-refractivity contribution in [2.75, 3.05) is 6.61 Å². The van der Waals surface area contributed by atoms with Gasteiger partial charge in [0.15, 0.2) is 0 Å². The van der Waals surface area contributed by atoms with Crippen LogP contribution >= 0.6 is 11.6 Å². The second-order valence-corrected chi connectivity index (χ2v) is 8.17. The van der Waals surface area contributed by atoms with Crippen LogP contribution in [0.2, 0.25) is 5.02 Å². The average Bonchev–Trinajstić information content (AvgIpc) is 2.77. The van der Waals surface area contributed by atoms with E-state index < -0.39 is 24.1 Å². The highest BCUT2D eigenvalue weighted by Gasteiger charge is 2.24. The Labute approximate surface area is 193 Å². The summed E-state index contributed by atoms with van der Waals surface area (Å²) in [5, 5.41) is 5.81. The Hall–Kier alpha value is -3.06. The molecule has 0 fully saturated rings. The summed E-state index contributed by atoms with van der Waals surface area (Å²) in [5.74, 6) is 0.269. The first-order valence-electron chi connectivity index (χ1n) is 10.5. The maximum Gasteiger partial charge on any atom is 0.408 e. The molecule has 0 aliphatic heterocycles. The van der Waals surface area contributed by atoms with Gasteiger partial charge < -0.3 is 24.9 Å². The Bertz CT molecular complexity index is 876. The maximum atomic E-state index is 12.7. The molecule has 0 aliphatic rings. The fraction of sp³-hybridized carbons (Fsp3) is 0.375. The largest absolute Gasteiger partial charge is 0.493 e. The normalized spacial score (nSPS) is 12.5. The summed E-state index contributed by atoms with van der Waals surface area (Å²) >= 11 is 5.92. The molecule has 0 spiro atoms. The van der Waals surface area contributed by atoms with E-state index in [2.05, 4.69) is 10.6 Å². The van der Waals surface area contributed by atoms with Gasteiger partial charge in [-0.15, -0.1) is 0 Å². The highest BCUT2D eigenvalue weighted by atomic mass is 35.5.